The molecule has 2 atom stereocenters. The molecular formula is C62H82ClN7O11. The van der Waals surface area contributed by atoms with Crippen molar-refractivity contribution in [3.05, 3.63) is 112 Å². The highest BCUT2D eigenvalue weighted by molar-refractivity contribution is 6.30. The predicted molar refractivity (Wildman–Crippen MR) is 312 cm³/mol. The number of rotatable bonds is 29. The Balaban J connectivity index is 0.581. The first-order valence-electron chi connectivity index (χ1n) is 29.1. The average molecular weight is 1140 g/mol. The van der Waals surface area contributed by atoms with Crippen molar-refractivity contribution in [2.45, 2.75) is 89.6 Å². The van der Waals surface area contributed by atoms with Crippen LogP contribution >= 0.6 is 11.6 Å². The Labute approximate surface area is 482 Å². The zero-order valence-electron chi connectivity index (χ0n) is 47.7. The Morgan fingerprint density at radius 1 is 0.741 bits per heavy atom. The number of carbonyl (C=O) groups is 4. The monoisotopic (exact) mass is 1140 g/mol. The molecule has 9 rings (SSSR count). The Morgan fingerprint density at radius 3 is 2.04 bits per heavy atom. The maximum Gasteiger partial charge on any atom is 0.255 e. The Kier molecular flexibility index (Phi) is 21.7. The number of hydrogen-bond acceptors (Lipinski definition) is 15. The zero-order valence-corrected chi connectivity index (χ0v) is 48.4. The molecule has 1 aliphatic carbocycles. The van der Waals surface area contributed by atoms with Crippen molar-refractivity contribution in [3.63, 3.8) is 0 Å². The van der Waals surface area contributed by atoms with Gasteiger partial charge in [0, 0.05) is 105 Å². The van der Waals surface area contributed by atoms with Crippen LogP contribution in [0.2, 0.25) is 5.02 Å². The summed E-state index contributed by atoms with van der Waals surface area (Å²) in [5, 5.41) is 6.34. The number of carbonyl (C=O) groups excluding carboxylic acids is 4. The van der Waals surface area contributed by atoms with Crippen molar-refractivity contribution in [1.29, 1.82) is 0 Å². The van der Waals surface area contributed by atoms with E-state index in [1.165, 1.54) is 25.7 Å². The number of methoxy groups -OCH3 is 1. The number of halogens is 1. The number of ether oxygens (including phenoxy) is 7. The Hall–Kier alpha value is -5.83. The second-order valence-corrected chi connectivity index (χ2v) is 22.4. The molecule has 4 amide bonds. The molecule has 0 spiro atoms. The van der Waals surface area contributed by atoms with E-state index in [9.17, 15) is 19.2 Å². The van der Waals surface area contributed by atoms with Gasteiger partial charge in [-0.3, -0.25) is 34.3 Å². The summed E-state index contributed by atoms with van der Waals surface area (Å²) in [7, 11) is 3.82. The summed E-state index contributed by atoms with van der Waals surface area (Å²) in [6, 6.07) is 25.4. The summed E-state index contributed by atoms with van der Waals surface area (Å²) in [5.41, 5.74) is 7.17. The van der Waals surface area contributed by atoms with E-state index >= 15 is 0 Å². The fourth-order valence-electron chi connectivity index (χ4n) is 11.9. The molecular weight excluding hydrogens is 1050 g/mol. The van der Waals surface area contributed by atoms with Gasteiger partial charge in [0.1, 0.15) is 6.04 Å². The summed E-state index contributed by atoms with van der Waals surface area (Å²) in [6.07, 6.45) is 5.70. The quantitative estimate of drug-likeness (QED) is 0.0407. The highest BCUT2D eigenvalue weighted by Crippen LogP contribution is 2.44. The lowest BCUT2D eigenvalue weighted by molar-refractivity contribution is -0.137. The fraction of sp³-hybridized carbons (Fsp3) is 0.548. The third-order valence-corrected chi connectivity index (χ3v) is 16.4. The smallest absolute Gasteiger partial charge is 0.255 e. The number of hydrogen-bond donors (Lipinski definition) is 2. The number of benzene rings is 4. The first-order valence-corrected chi connectivity index (χ1v) is 29.4. The topological polar surface area (TPSA) is 173 Å². The van der Waals surface area contributed by atoms with Crippen LogP contribution in [0.3, 0.4) is 0 Å². The number of imide groups is 1. The van der Waals surface area contributed by atoms with Crippen LogP contribution in [0.15, 0.2) is 78.9 Å². The molecule has 0 aromatic heterocycles. The molecule has 1 saturated carbocycles. The standard InChI is InChI=1S/C62H82ClN7O11/c1-43(2)81-57-40-52-46(38-56(57)75-4)39-59(72)70(60(52)45-10-12-47(63)13-11-45)50-18-16-48(17-19-50)66(3)41-44-8-14-49(15-9-44)68-25-23-67(24-26-68)27-29-77-31-33-79-35-37-80-36-34-78-32-30-76-28-22-64-54-7-5-6-51-53(54)42-69(62(51)74)55-20-21-58(71)65-61(55)73/h5-7,10-13,16-19,38,40,43-44,49,55,60,64H,8-9,14-15,20-37,39,41-42H2,1-4H3,(H,65,71,73)/t44-,49-,55?,60-/m0/s1. The van der Waals surface area contributed by atoms with E-state index in [1.54, 1.807) is 18.1 Å². The van der Waals surface area contributed by atoms with Gasteiger partial charge in [0.05, 0.1) is 91.7 Å². The van der Waals surface area contributed by atoms with Crippen LogP contribution in [0.1, 0.15) is 91.0 Å². The third-order valence-electron chi connectivity index (χ3n) is 16.2. The molecule has 4 aromatic carbocycles. The predicted octanol–water partition coefficient (Wildman–Crippen LogP) is 7.38. The number of nitrogens with one attached hydrogen (secondary N) is 2. The molecule has 4 aromatic rings. The van der Waals surface area contributed by atoms with Gasteiger partial charge in [-0.1, -0.05) is 29.8 Å². The van der Waals surface area contributed by atoms with Crippen molar-refractivity contribution in [3.8, 4) is 11.5 Å². The van der Waals surface area contributed by atoms with E-state index in [1.807, 2.05) is 67.3 Å². The average Bonchev–Trinajstić information content (AvgIpc) is 3.87. The lowest BCUT2D eigenvalue weighted by atomic mass is 9.84. The molecule has 4 heterocycles. The zero-order chi connectivity index (χ0) is 56.7. The van der Waals surface area contributed by atoms with Crippen LogP contribution in [0, 0.1) is 5.92 Å². The number of fused-ring (bicyclic) bond motifs is 2. The molecule has 2 saturated heterocycles. The summed E-state index contributed by atoms with van der Waals surface area (Å²) >= 11 is 6.35. The molecule has 0 bridgehead atoms. The van der Waals surface area contributed by atoms with E-state index in [2.05, 4.69) is 56.6 Å². The second-order valence-electron chi connectivity index (χ2n) is 21.9. The third kappa shape index (κ3) is 15.8. The molecule has 4 aliphatic heterocycles. The highest BCUT2D eigenvalue weighted by Gasteiger charge is 2.40. The number of piperidine rings is 1. The second kappa shape index (κ2) is 29.4. The van der Waals surface area contributed by atoms with E-state index in [0.29, 0.717) is 120 Å². The lowest BCUT2D eigenvalue weighted by Crippen LogP contribution is -2.52. The molecule has 2 N–H and O–H groups in total. The van der Waals surface area contributed by atoms with Gasteiger partial charge in [0.2, 0.25) is 17.7 Å². The SMILES string of the molecule is COc1cc2c(cc1OC(C)C)[C@H](c1ccc(Cl)cc1)N(c1ccc(N(C)C[C@H]3CC[C@H](N4CCN(CCOCCOCCOCCOCCOCCNc5cccc6c5CN(C5CCC(=O)NC5=O)C6=O)CC4)CC3)cc1)C(=O)C2. The largest absolute Gasteiger partial charge is 0.493 e. The van der Waals surface area contributed by atoms with Gasteiger partial charge in [-0.15, -0.1) is 0 Å². The number of piperazine rings is 1. The van der Waals surface area contributed by atoms with Gasteiger partial charge < -0.3 is 53.2 Å². The van der Waals surface area contributed by atoms with E-state index in [-0.39, 0.29) is 42.7 Å². The summed E-state index contributed by atoms with van der Waals surface area (Å²) in [5.74, 6) is 1.04. The molecule has 81 heavy (non-hydrogen) atoms. The molecule has 3 fully saturated rings. The van der Waals surface area contributed by atoms with Crippen molar-refractivity contribution in [2.75, 3.05) is 141 Å². The Bertz CT molecular complexity index is 2720. The minimum Gasteiger partial charge on any atom is -0.493 e. The molecule has 1 unspecified atom stereocenters. The van der Waals surface area contributed by atoms with Crippen molar-refractivity contribution < 1.29 is 52.3 Å². The summed E-state index contributed by atoms with van der Waals surface area (Å²) in [6.45, 7) is 16.2. The van der Waals surface area contributed by atoms with Gasteiger partial charge in [-0.25, -0.2) is 0 Å². The van der Waals surface area contributed by atoms with Crippen molar-refractivity contribution >= 4 is 52.3 Å². The lowest BCUT2D eigenvalue weighted by Gasteiger charge is -2.42. The molecule has 5 aliphatic rings. The van der Waals surface area contributed by atoms with Crippen LogP contribution < -0.4 is 29.9 Å². The summed E-state index contributed by atoms with van der Waals surface area (Å²) < 4.78 is 40.5. The molecule has 18 nitrogen and oxygen atoms in total. The van der Waals surface area contributed by atoms with Crippen LogP contribution in [-0.4, -0.2) is 183 Å². The van der Waals surface area contributed by atoms with E-state index < -0.39 is 11.9 Å². The van der Waals surface area contributed by atoms with Gasteiger partial charge in [-0.2, -0.15) is 0 Å². The van der Waals surface area contributed by atoms with Crippen LogP contribution in [0.5, 0.6) is 11.5 Å². The minimum absolute atomic E-state index is 0.0241. The van der Waals surface area contributed by atoms with Gasteiger partial charge in [0.15, 0.2) is 11.5 Å². The van der Waals surface area contributed by atoms with Crippen LogP contribution in [-0.2, 0) is 51.0 Å². The van der Waals surface area contributed by atoms with E-state index in [4.69, 9.17) is 44.8 Å². The van der Waals surface area contributed by atoms with Gasteiger partial charge >= 0.3 is 0 Å². The molecule has 438 valence electrons. The van der Waals surface area contributed by atoms with Crippen molar-refractivity contribution in [2.24, 2.45) is 5.92 Å². The molecule has 19 heteroatoms. The fourth-order valence-corrected chi connectivity index (χ4v) is 12.0. The Morgan fingerprint density at radius 2 is 1.40 bits per heavy atom. The van der Waals surface area contributed by atoms with Crippen molar-refractivity contribution in [1.82, 2.24) is 20.0 Å². The maximum atomic E-state index is 14.1. The van der Waals surface area contributed by atoms with E-state index in [0.717, 1.165) is 78.6 Å². The first-order chi connectivity index (χ1) is 39.4. The normalized spacial score (nSPS) is 20.6. The first kappa shape index (κ1) is 59.8. The highest BCUT2D eigenvalue weighted by atomic mass is 35.5. The van der Waals surface area contributed by atoms with Crippen LogP contribution in [0.25, 0.3) is 0 Å². The molecule has 0 radical (unpaired) electrons. The van der Waals surface area contributed by atoms with Gasteiger partial charge in [-0.05, 0) is 129 Å². The number of amides is 4. The van der Waals surface area contributed by atoms with Gasteiger partial charge in [0.25, 0.3) is 5.91 Å². The van der Waals surface area contributed by atoms with Crippen LogP contribution in [0.4, 0.5) is 17.1 Å². The number of anilines is 3. The minimum atomic E-state index is -0.642. The number of nitrogens with zero attached hydrogens (tertiary/aromatic N) is 5. The maximum absolute atomic E-state index is 14.1. The summed E-state index contributed by atoms with van der Waals surface area (Å²) in [4.78, 5) is 62.2.